The molecule has 0 saturated heterocycles. The molecule has 8 nitrogen and oxygen atoms in total. The first-order chi connectivity index (χ1) is 28.1. The van der Waals surface area contributed by atoms with Crippen LogP contribution in [0.1, 0.15) is 91.3 Å². The number of hydrogen-bond acceptors (Lipinski definition) is 6. The number of hydrazone groups is 1. The highest BCUT2D eigenvalue weighted by Crippen LogP contribution is 2.68. The van der Waals surface area contributed by atoms with E-state index >= 15 is 0 Å². The average molecular weight is 866 g/mol. The summed E-state index contributed by atoms with van der Waals surface area (Å²) >= 11 is 5.54. The van der Waals surface area contributed by atoms with Crippen molar-refractivity contribution in [2.75, 3.05) is 7.05 Å². The van der Waals surface area contributed by atoms with Crippen LogP contribution in [0.5, 0.6) is 17.2 Å². The van der Waals surface area contributed by atoms with Crippen LogP contribution in [-0.4, -0.2) is 18.0 Å². The zero-order valence-corrected chi connectivity index (χ0v) is 38.4. The first kappa shape index (κ1) is 43.4. The van der Waals surface area contributed by atoms with Gasteiger partial charge in [0, 0.05) is 5.41 Å². The van der Waals surface area contributed by atoms with E-state index in [2.05, 4.69) is 93.4 Å². The summed E-state index contributed by atoms with van der Waals surface area (Å²) in [5, 5.41) is 7.76. The van der Waals surface area contributed by atoms with Crippen molar-refractivity contribution < 1.29 is 13.6 Å². The topological polar surface area (TPSA) is 91.9 Å². The van der Waals surface area contributed by atoms with Gasteiger partial charge in [-0.1, -0.05) is 128 Å². The van der Waals surface area contributed by atoms with Crippen LogP contribution in [0.3, 0.4) is 0 Å². The van der Waals surface area contributed by atoms with Crippen molar-refractivity contribution in [2.24, 2.45) is 15.2 Å². The van der Waals surface area contributed by atoms with E-state index in [0.717, 1.165) is 22.4 Å². The van der Waals surface area contributed by atoms with Crippen molar-refractivity contribution in [2.45, 2.75) is 71.6 Å². The van der Waals surface area contributed by atoms with Crippen LogP contribution in [0.25, 0.3) is 23.3 Å². The van der Waals surface area contributed by atoms with Crippen LogP contribution in [0, 0.1) is 19.4 Å². The highest BCUT2D eigenvalue weighted by atomic mass is 32.4. The van der Waals surface area contributed by atoms with Gasteiger partial charge in [0.2, 0.25) is 11.8 Å². The molecule has 0 aromatic heterocycles. The van der Waals surface area contributed by atoms with E-state index in [1.54, 1.807) is 18.0 Å². The third-order valence-electron chi connectivity index (χ3n) is 10.2. The summed E-state index contributed by atoms with van der Waals surface area (Å²) in [4.78, 5) is 4.04. The number of fused-ring (bicyclic) bond motifs is 3. The highest BCUT2D eigenvalue weighted by Gasteiger charge is 2.42. The number of rotatable bonds is 19. The van der Waals surface area contributed by atoms with Gasteiger partial charge in [0.05, 0.1) is 18.1 Å². The van der Waals surface area contributed by atoms with Gasteiger partial charge in [-0.3, -0.25) is 4.52 Å². The Morgan fingerprint density at radius 2 is 1.24 bits per heavy atom. The Bertz CT molecular complexity index is 2290. The lowest BCUT2D eigenvalue weighted by atomic mass is 9.70. The fourth-order valence-corrected chi connectivity index (χ4v) is 11.4. The summed E-state index contributed by atoms with van der Waals surface area (Å²) < 4.78 is 20.2. The van der Waals surface area contributed by atoms with Gasteiger partial charge in [0.15, 0.2) is 5.75 Å². The molecule has 6 rings (SSSR count). The van der Waals surface area contributed by atoms with Crippen LogP contribution in [-0.2, 0) is 17.2 Å². The zero-order chi connectivity index (χ0) is 41.1. The molecule has 0 saturated carbocycles. The molecule has 298 valence electrons. The number of benzene rings is 5. The third-order valence-corrected chi connectivity index (χ3v) is 17.1. The Kier molecular flexibility index (Phi) is 15.4. The van der Waals surface area contributed by atoms with E-state index in [1.807, 2.05) is 79.7 Å². The number of hydrogen-bond donors (Lipinski definition) is 1. The highest BCUT2D eigenvalue weighted by molar-refractivity contribution is 8.46. The van der Waals surface area contributed by atoms with Crippen LogP contribution in [0.15, 0.2) is 124 Å². The van der Waals surface area contributed by atoms with Crippen molar-refractivity contribution >= 4 is 61.3 Å². The number of aryl methyl sites for hydroxylation is 2. The molecule has 0 spiro atoms. The number of unbranched alkanes of at least 4 members (excludes halogenated alkanes) is 2. The Balaban J connectivity index is 1.12. The number of nitrogens with one attached hydrogen (secondary N) is 1. The summed E-state index contributed by atoms with van der Waals surface area (Å²) in [6, 6.07) is 37.4. The van der Waals surface area contributed by atoms with Gasteiger partial charge in [0.1, 0.15) is 20.4 Å². The van der Waals surface area contributed by atoms with Gasteiger partial charge in [0.25, 0.3) is 0 Å². The molecule has 5 aromatic carbocycles. The van der Waals surface area contributed by atoms with Crippen molar-refractivity contribution in [3.63, 3.8) is 0 Å². The van der Waals surface area contributed by atoms with Crippen molar-refractivity contribution in [3.8, 4) is 28.4 Å². The predicted molar refractivity (Wildman–Crippen MR) is 252 cm³/mol. The molecule has 1 aliphatic rings. The Morgan fingerprint density at radius 1 is 0.724 bits per heavy atom. The maximum Gasteiger partial charge on any atom is 0.561 e. The molecule has 0 bridgehead atoms. The van der Waals surface area contributed by atoms with Crippen molar-refractivity contribution in [3.05, 3.63) is 148 Å². The second-order valence-electron chi connectivity index (χ2n) is 14.4. The molecule has 1 aliphatic carbocycles. The molecule has 5 aromatic rings. The largest absolute Gasteiger partial charge is 0.561 e. The lowest BCUT2D eigenvalue weighted by Crippen LogP contribution is -2.25. The van der Waals surface area contributed by atoms with Crippen LogP contribution in [0.2, 0.25) is 0 Å². The average Bonchev–Trinajstić information content (AvgIpc) is 3.49. The Morgan fingerprint density at radius 3 is 1.84 bits per heavy atom. The van der Waals surface area contributed by atoms with Crippen molar-refractivity contribution in [1.82, 2.24) is 4.78 Å². The Labute approximate surface area is 353 Å². The molecular formula is C45H51N5O3P4S+2. The van der Waals surface area contributed by atoms with Crippen molar-refractivity contribution in [1.29, 1.82) is 5.53 Å². The van der Waals surface area contributed by atoms with E-state index in [0.29, 0.717) is 11.5 Å². The van der Waals surface area contributed by atoms with Gasteiger partial charge in [-0.15, -0.1) is 5.10 Å². The molecule has 0 radical (unpaired) electrons. The lowest BCUT2D eigenvalue weighted by molar-refractivity contribution is 0.414. The second-order valence-corrected chi connectivity index (χ2v) is 23.2. The monoisotopic (exact) mass is 865 g/mol. The lowest BCUT2D eigenvalue weighted by Gasteiger charge is -2.33. The first-order valence-corrected chi connectivity index (χ1v) is 26.6. The maximum absolute atomic E-state index is 7.33. The molecule has 0 aliphatic heterocycles. The minimum absolute atomic E-state index is 0.0593. The fourth-order valence-electron chi connectivity index (χ4n) is 7.10. The zero-order valence-electron chi connectivity index (χ0n) is 33.7. The minimum atomic E-state index is -1.58. The summed E-state index contributed by atoms with van der Waals surface area (Å²) in [5.41, 5.74) is 18.8. The van der Waals surface area contributed by atoms with E-state index in [4.69, 9.17) is 30.9 Å². The maximum atomic E-state index is 7.33. The first-order valence-electron chi connectivity index (χ1n) is 19.5. The van der Waals surface area contributed by atoms with Crippen LogP contribution in [0.4, 0.5) is 0 Å². The molecule has 13 heteroatoms. The molecule has 0 fully saturated rings. The quantitative estimate of drug-likeness (QED) is 0.0293. The van der Waals surface area contributed by atoms with Gasteiger partial charge in [-0.05, 0) is 119 Å². The van der Waals surface area contributed by atoms with Crippen LogP contribution >= 0.6 is 31.2 Å². The van der Waals surface area contributed by atoms with E-state index in [9.17, 15) is 0 Å². The summed E-state index contributed by atoms with van der Waals surface area (Å²) in [7, 11) is 0.198. The van der Waals surface area contributed by atoms with Gasteiger partial charge in [-0.25, -0.2) is 0 Å². The molecule has 58 heavy (non-hydrogen) atoms. The molecule has 0 heterocycles. The molecule has 0 amide bonds. The molecular weight excluding hydrogens is 814 g/mol. The van der Waals surface area contributed by atoms with Crippen LogP contribution < -0.4 is 13.6 Å². The standard InChI is InChI=1S/C45H51N5O3P4S/c1-6-8-28-45(29-9-7-2)43-30-34(4)12-26-41(43)42-27-19-36(31-44(42)45)14-13-35-15-22-39(23-16-35)52-57(55(54)49-48-46)53-40-24-17-37(18-25-40)32-47-50(5)56(58)51-38-20-10-33(3)11-21-38/h10-27,30-32,46H,6-9,28-29,54H2,1-5H3/q+2/b14-13+,47-32-,48-46?. The minimum Gasteiger partial charge on any atom is -0.403 e. The SMILES string of the molecule is CCCCC1(CCCC)c2cc(C)ccc2-c2ccc(/C=C/c3ccc(OP(Oc4ccc(/C=N\N(C)[P+](=S)Oc5ccc(C)cc5)cc4)/[P+](P)=N\N=N)cc3)cc21. The summed E-state index contributed by atoms with van der Waals surface area (Å²) in [6.45, 7) is 8.84. The van der Waals surface area contributed by atoms with Gasteiger partial charge >= 0.3 is 22.2 Å². The smallest absolute Gasteiger partial charge is 0.403 e. The second kappa shape index (κ2) is 20.7. The third kappa shape index (κ3) is 10.9. The summed E-state index contributed by atoms with van der Waals surface area (Å²) in [5.74, 6) is 1.99. The van der Waals surface area contributed by atoms with Gasteiger partial charge in [-0.2, -0.15) is 5.53 Å². The fraction of sp³-hybridized carbons (Fsp3) is 0.267. The Hall–Kier alpha value is -4.21. The molecule has 1 N–H and O–H groups in total. The summed E-state index contributed by atoms with van der Waals surface area (Å²) in [6.07, 6.45) is 13.3. The van der Waals surface area contributed by atoms with Gasteiger partial charge < -0.3 is 9.05 Å². The van der Waals surface area contributed by atoms with E-state index in [1.165, 1.54) is 71.9 Å². The van der Waals surface area contributed by atoms with E-state index < -0.39 is 22.2 Å². The molecule has 4 unspecified atom stereocenters. The number of nitrogens with zero attached hydrogens (tertiary/aromatic N) is 4. The molecule has 4 atom stereocenters. The van der Waals surface area contributed by atoms with E-state index in [-0.39, 0.29) is 5.41 Å². The normalized spacial score (nSPS) is 13.9. The predicted octanol–water partition coefficient (Wildman–Crippen LogP) is 15.3.